The van der Waals surface area contributed by atoms with Gasteiger partial charge in [0, 0.05) is 18.9 Å². The molecule has 0 saturated heterocycles. The van der Waals surface area contributed by atoms with Crippen LogP contribution in [0.1, 0.15) is 16.8 Å². The van der Waals surface area contributed by atoms with Crippen molar-refractivity contribution >= 4 is 17.5 Å². The highest BCUT2D eigenvalue weighted by Crippen LogP contribution is 2.11. The van der Waals surface area contributed by atoms with E-state index in [1.165, 1.54) is 0 Å². The number of aromatic nitrogens is 2. The van der Waals surface area contributed by atoms with E-state index in [4.69, 9.17) is 0 Å². The molecule has 0 fully saturated rings. The quantitative estimate of drug-likeness (QED) is 0.684. The molecular formula is C20H21N3O3. The Kier molecular flexibility index (Phi) is 5.31. The summed E-state index contributed by atoms with van der Waals surface area (Å²) >= 11 is 0. The average Bonchev–Trinajstić information content (AvgIpc) is 3.00. The standard InChI is InChI=1S/C20H21N3O3/c1-14-5-4-6-15(9-14)10-16(20(25)26)12-21-19(24)11-17-13-23-8-3-2-7-18(23)22-17/h2-9,13,16H,10-12H2,1H3,(H,21,24)(H,25,26). The van der Waals surface area contributed by atoms with Gasteiger partial charge in [-0.2, -0.15) is 0 Å². The van der Waals surface area contributed by atoms with Crippen molar-refractivity contribution in [2.75, 3.05) is 6.54 Å². The number of fused-ring (bicyclic) bond motifs is 1. The summed E-state index contributed by atoms with van der Waals surface area (Å²) in [5, 5.41) is 12.2. The van der Waals surface area contributed by atoms with E-state index in [0.717, 1.165) is 16.8 Å². The molecule has 0 saturated carbocycles. The van der Waals surface area contributed by atoms with Crippen LogP contribution in [-0.2, 0) is 22.4 Å². The highest BCUT2D eigenvalue weighted by atomic mass is 16.4. The summed E-state index contributed by atoms with van der Waals surface area (Å²) in [4.78, 5) is 28.1. The first-order chi connectivity index (χ1) is 12.5. The summed E-state index contributed by atoms with van der Waals surface area (Å²) in [7, 11) is 0. The molecule has 1 aromatic carbocycles. The van der Waals surface area contributed by atoms with E-state index in [9.17, 15) is 14.7 Å². The highest BCUT2D eigenvalue weighted by molar-refractivity contribution is 5.79. The first-order valence-corrected chi connectivity index (χ1v) is 8.49. The number of benzene rings is 1. The number of aryl methyl sites for hydroxylation is 1. The van der Waals surface area contributed by atoms with Gasteiger partial charge in [-0.1, -0.05) is 35.9 Å². The van der Waals surface area contributed by atoms with Gasteiger partial charge in [-0.25, -0.2) is 4.98 Å². The molecule has 0 aliphatic rings. The lowest BCUT2D eigenvalue weighted by molar-refractivity contribution is -0.141. The number of carbonyl (C=O) groups excluding carboxylic acids is 1. The number of aliphatic carboxylic acids is 1. The van der Waals surface area contributed by atoms with Gasteiger partial charge in [-0.3, -0.25) is 9.59 Å². The van der Waals surface area contributed by atoms with Gasteiger partial charge in [0.1, 0.15) is 5.65 Å². The Morgan fingerprint density at radius 3 is 2.81 bits per heavy atom. The number of hydrogen-bond donors (Lipinski definition) is 2. The third kappa shape index (κ3) is 4.47. The molecule has 2 aromatic heterocycles. The number of nitrogens with zero attached hydrogens (tertiary/aromatic N) is 2. The van der Waals surface area contributed by atoms with Gasteiger partial charge < -0.3 is 14.8 Å². The van der Waals surface area contributed by atoms with Crippen LogP contribution in [-0.4, -0.2) is 32.9 Å². The van der Waals surface area contributed by atoms with E-state index in [2.05, 4.69) is 10.3 Å². The lowest BCUT2D eigenvalue weighted by atomic mass is 9.98. The Bertz CT molecular complexity index is 900. The van der Waals surface area contributed by atoms with Crippen LogP contribution < -0.4 is 5.32 Å². The van der Waals surface area contributed by atoms with Crippen molar-refractivity contribution < 1.29 is 14.7 Å². The SMILES string of the molecule is Cc1cccc(CC(CNC(=O)Cc2cn3ccccc3n2)C(=O)O)c1. The normalized spacial score (nSPS) is 12.0. The van der Waals surface area contributed by atoms with Crippen molar-refractivity contribution in [1.82, 2.24) is 14.7 Å². The van der Waals surface area contributed by atoms with E-state index in [1.54, 1.807) is 6.20 Å². The molecule has 3 rings (SSSR count). The Balaban J connectivity index is 1.58. The minimum atomic E-state index is -0.917. The van der Waals surface area contributed by atoms with Crippen molar-refractivity contribution in [3.63, 3.8) is 0 Å². The molecule has 1 amide bonds. The van der Waals surface area contributed by atoms with E-state index >= 15 is 0 Å². The van der Waals surface area contributed by atoms with Gasteiger partial charge in [0.05, 0.1) is 18.0 Å². The number of nitrogens with one attached hydrogen (secondary N) is 1. The largest absolute Gasteiger partial charge is 0.481 e. The summed E-state index contributed by atoms with van der Waals surface area (Å²) in [6, 6.07) is 13.4. The Morgan fingerprint density at radius 1 is 1.23 bits per heavy atom. The second-order valence-corrected chi connectivity index (χ2v) is 6.41. The Hall–Kier alpha value is -3.15. The maximum Gasteiger partial charge on any atom is 0.308 e. The van der Waals surface area contributed by atoms with Crippen molar-refractivity contribution in [2.45, 2.75) is 19.8 Å². The maximum atomic E-state index is 12.2. The summed E-state index contributed by atoms with van der Waals surface area (Å²) in [5.74, 6) is -1.81. The predicted molar refractivity (Wildman–Crippen MR) is 97.9 cm³/mol. The molecule has 3 aromatic rings. The van der Waals surface area contributed by atoms with Gasteiger partial charge in [0.25, 0.3) is 0 Å². The summed E-state index contributed by atoms with van der Waals surface area (Å²) in [5.41, 5.74) is 3.46. The number of carboxylic acids is 1. The molecule has 1 unspecified atom stereocenters. The third-order valence-electron chi connectivity index (χ3n) is 4.22. The minimum Gasteiger partial charge on any atom is -0.481 e. The fourth-order valence-electron chi connectivity index (χ4n) is 2.91. The Labute approximate surface area is 151 Å². The number of carboxylic acid groups (broad SMARTS) is 1. The van der Waals surface area contributed by atoms with Gasteiger partial charge in [-0.05, 0) is 31.0 Å². The molecule has 0 bridgehead atoms. The molecule has 0 radical (unpaired) electrons. The van der Waals surface area contributed by atoms with Gasteiger partial charge in [-0.15, -0.1) is 0 Å². The summed E-state index contributed by atoms with van der Waals surface area (Å²) in [6.45, 7) is 2.06. The molecule has 134 valence electrons. The minimum absolute atomic E-state index is 0.0927. The number of carbonyl (C=O) groups is 2. The molecule has 0 spiro atoms. The van der Waals surface area contributed by atoms with Crippen LogP contribution in [0.15, 0.2) is 54.9 Å². The topological polar surface area (TPSA) is 83.7 Å². The number of hydrogen-bond acceptors (Lipinski definition) is 3. The first-order valence-electron chi connectivity index (χ1n) is 8.49. The molecule has 6 heteroatoms. The monoisotopic (exact) mass is 351 g/mol. The summed E-state index contributed by atoms with van der Waals surface area (Å²) < 4.78 is 1.85. The molecular weight excluding hydrogens is 330 g/mol. The predicted octanol–water partition coefficient (Wildman–Crippen LogP) is 2.24. The van der Waals surface area contributed by atoms with Crippen LogP contribution in [0.2, 0.25) is 0 Å². The molecule has 0 aliphatic carbocycles. The van der Waals surface area contributed by atoms with Crippen molar-refractivity contribution in [2.24, 2.45) is 5.92 Å². The van der Waals surface area contributed by atoms with Crippen molar-refractivity contribution in [1.29, 1.82) is 0 Å². The zero-order valence-corrected chi connectivity index (χ0v) is 14.6. The van der Waals surface area contributed by atoms with Crippen molar-refractivity contribution in [3.05, 3.63) is 71.7 Å². The van der Waals surface area contributed by atoms with E-state index in [0.29, 0.717) is 12.1 Å². The molecule has 2 N–H and O–H groups in total. The van der Waals surface area contributed by atoms with Crippen LogP contribution in [0.5, 0.6) is 0 Å². The number of amides is 1. The number of pyridine rings is 1. The lowest BCUT2D eigenvalue weighted by Crippen LogP contribution is -2.35. The fraction of sp³-hybridized carbons (Fsp3) is 0.250. The Morgan fingerprint density at radius 2 is 2.08 bits per heavy atom. The van der Waals surface area contributed by atoms with E-state index in [-0.39, 0.29) is 18.9 Å². The smallest absolute Gasteiger partial charge is 0.308 e. The molecule has 0 aliphatic heterocycles. The molecule has 26 heavy (non-hydrogen) atoms. The zero-order valence-electron chi connectivity index (χ0n) is 14.6. The highest BCUT2D eigenvalue weighted by Gasteiger charge is 2.19. The van der Waals surface area contributed by atoms with Crippen LogP contribution >= 0.6 is 0 Å². The number of imidazole rings is 1. The van der Waals surface area contributed by atoms with Crippen LogP contribution in [0, 0.1) is 12.8 Å². The zero-order chi connectivity index (χ0) is 18.5. The van der Waals surface area contributed by atoms with Gasteiger partial charge >= 0.3 is 5.97 Å². The third-order valence-corrected chi connectivity index (χ3v) is 4.22. The molecule has 1 atom stereocenters. The van der Waals surface area contributed by atoms with Crippen LogP contribution in [0.4, 0.5) is 0 Å². The summed E-state index contributed by atoms with van der Waals surface area (Å²) in [6.07, 6.45) is 4.17. The second-order valence-electron chi connectivity index (χ2n) is 6.41. The van der Waals surface area contributed by atoms with Crippen LogP contribution in [0.25, 0.3) is 5.65 Å². The lowest BCUT2D eigenvalue weighted by Gasteiger charge is -2.13. The molecule has 6 nitrogen and oxygen atoms in total. The van der Waals surface area contributed by atoms with E-state index in [1.807, 2.05) is 60.0 Å². The average molecular weight is 351 g/mol. The maximum absolute atomic E-state index is 12.2. The van der Waals surface area contributed by atoms with E-state index < -0.39 is 11.9 Å². The van der Waals surface area contributed by atoms with Crippen LogP contribution in [0.3, 0.4) is 0 Å². The van der Waals surface area contributed by atoms with Gasteiger partial charge in [0.2, 0.25) is 5.91 Å². The number of rotatable bonds is 7. The second kappa shape index (κ2) is 7.82. The molecule has 2 heterocycles. The van der Waals surface area contributed by atoms with Gasteiger partial charge in [0.15, 0.2) is 0 Å². The fourth-order valence-corrected chi connectivity index (χ4v) is 2.91. The first kappa shape index (κ1) is 17.7. The van der Waals surface area contributed by atoms with Crippen molar-refractivity contribution in [3.8, 4) is 0 Å².